The quantitative estimate of drug-likeness (QED) is 0.578. The maximum absolute atomic E-state index is 2.22. The average molecular weight is 182 g/mol. The van der Waals surface area contributed by atoms with E-state index in [1.807, 2.05) is 0 Å². The van der Waals surface area contributed by atoms with Gasteiger partial charge in [-0.15, -0.1) is 0 Å². The van der Waals surface area contributed by atoms with Gasteiger partial charge < -0.3 is 0 Å². The molecule has 0 unspecified atom stereocenters. The molecule has 0 spiro atoms. The van der Waals surface area contributed by atoms with E-state index < -0.39 is 0 Å². The molecule has 0 fully saturated rings. The van der Waals surface area contributed by atoms with Crippen LogP contribution in [-0.4, -0.2) is 3.31 Å². The molecule has 1 rings (SSSR count). The summed E-state index contributed by atoms with van der Waals surface area (Å²) >= 11 is 0.411. The molecule has 0 N–H and O–H groups in total. The summed E-state index contributed by atoms with van der Waals surface area (Å²) < 4.78 is 2.22. The second-order valence-electron chi connectivity index (χ2n) is 1.17. The molecular formula is C5H7NRu. The molecular weight excluding hydrogens is 175 g/mol. The maximum atomic E-state index is 2.22. The standard InChI is InChI=1S/C4H4N.CH3.Ru/c1-2-4-5-3-1;;/h1-4H;1H3;/q-1;;+1. The van der Waals surface area contributed by atoms with E-state index in [-0.39, 0.29) is 0 Å². The predicted octanol–water partition coefficient (Wildman–Crippen LogP) is 1.38. The molecule has 1 heterocycles. The zero-order valence-electron chi connectivity index (χ0n) is 4.11. The number of hydrogen-bond donors (Lipinski definition) is 0. The van der Waals surface area contributed by atoms with E-state index in [4.69, 9.17) is 0 Å². The summed E-state index contributed by atoms with van der Waals surface area (Å²) in [7, 11) is 0. The van der Waals surface area contributed by atoms with Gasteiger partial charge in [0.2, 0.25) is 0 Å². The molecule has 2 heteroatoms. The fourth-order valence-electron chi connectivity index (χ4n) is 0.415. The molecule has 0 saturated carbocycles. The van der Waals surface area contributed by atoms with Gasteiger partial charge >= 0.3 is 50.7 Å². The Hall–Kier alpha value is -0.0966. The van der Waals surface area contributed by atoms with Crippen molar-refractivity contribution in [2.24, 2.45) is 0 Å². The molecule has 7 heavy (non-hydrogen) atoms. The molecule has 40 valence electrons. The summed E-state index contributed by atoms with van der Waals surface area (Å²) in [5.74, 6) is 0. The SMILES string of the molecule is [CH3][Ru][n]1cccc1. The Morgan fingerprint density at radius 1 is 1.29 bits per heavy atom. The first-order chi connectivity index (χ1) is 3.43. The van der Waals surface area contributed by atoms with Crippen molar-refractivity contribution < 1.29 is 17.4 Å². The minimum atomic E-state index is 0.411. The molecule has 0 aliphatic heterocycles. The molecule has 0 saturated heterocycles. The summed E-state index contributed by atoms with van der Waals surface area (Å²) in [5.41, 5.74) is 2.22. The first kappa shape index (κ1) is 5.05. The topological polar surface area (TPSA) is 4.93 Å². The van der Waals surface area contributed by atoms with Gasteiger partial charge in [0, 0.05) is 0 Å². The van der Waals surface area contributed by atoms with Gasteiger partial charge in [0.05, 0.1) is 0 Å². The van der Waals surface area contributed by atoms with Crippen molar-refractivity contribution in [2.45, 2.75) is 5.52 Å². The molecule has 0 atom stereocenters. The number of hydrogen-bond acceptors (Lipinski definition) is 0. The summed E-state index contributed by atoms with van der Waals surface area (Å²) in [6, 6.07) is 4.11. The number of aromatic nitrogens is 1. The predicted molar refractivity (Wildman–Crippen MR) is 25.7 cm³/mol. The van der Waals surface area contributed by atoms with Gasteiger partial charge in [-0.1, -0.05) is 0 Å². The Balaban J connectivity index is 2.76. The van der Waals surface area contributed by atoms with Gasteiger partial charge in [0.15, 0.2) is 0 Å². The normalized spacial score (nSPS) is 9.86. The molecule has 1 aromatic heterocycles. The van der Waals surface area contributed by atoms with Crippen LogP contribution in [0.5, 0.6) is 0 Å². The van der Waals surface area contributed by atoms with E-state index in [2.05, 4.69) is 33.4 Å². The third kappa shape index (κ3) is 1.13. The van der Waals surface area contributed by atoms with Crippen LogP contribution < -0.4 is 0 Å². The van der Waals surface area contributed by atoms with E-state index in [0.717, 1.165) is 0 Å². The van der Waals surface area contributed by atoms with Crippen LogP contribution in [0.3, 0.4) is 0 Å². The van der Waals surface area contributed by atoms with Crippen molar-refractivity contribution in [3.8, 4) is 0 Å². The van der Waals surface area contributed by atoms with Crippen molar-refractivity contribution in [2.75, 3.05) is 0 Å². The van der Waals surface area contributed by atoms with Crippen LogP contribution in [0.1, 0.15) is 0 Å². The van der Waals surface area contributed by atoms with Crippen LogP contribution in [0, 0.1) is 0 Å². The van der Waals surface area contributed by atoms with Crippen LogP contribution in [0.15, 0.2) is 24.5 Å². The fourth-order valence-corrected chi connectivity index (χ4v) is 1.23. The van der Waals surface area contributed by atoms with Crippen molar-refractivity contribution in [3.63, 3.8) is 0 Å². The van der Waals surface area contributed by atoms with Crippen LogP contribution in [-0.2, 0) is 17.4 Å². The van der Waals surface area contributed by atoms with Crippen LogP contribution in [0.4, 0.5) is 0 Å². The Bertz CT molecular complexity index is 123. The zero-order chi connectivity index (χ0) is 5.11. The van der Waals surface area contributed by atoms with E-state index in [9.17, 15) is 0 Å². The molecule has 0 amide bonds. The Morgan fingerprint density at radius 3 is 2.14 bits per heavy atom. The summed E-state index contributed by atoms with van der Waals surface area (Å²) in [5, 5.41) is 0. The van der Waals surface area contributed by atoms with E-state index in [1.165, 1.54) is 0 Å². The molecule has 0 radical (unpaired) electrons. The van der Waals surface area contributed by atoms with Crippen molar-refractivity contribution in [3.05, 3.63) is 24.5 Å². The summed E-state index contributed by atoms with van der Waals surface area (Å²) in [6.07, 6.45) is 4.19. The van der Waals surface area contributed by atoms with Crippen molar-refractivity contribution in [1.29, 1.82) is 0 Å². The average Bonchev–Trinajstić information content (AvgIpc) is 2.14. The van der Waals surface area contributed by atoms with Gasteiger partial charge in [-0.25, -0.2) is 0 Å². The summed E-state index contributed by atoms with van der Waals surface area (Å²) in [4.78, 5) is 0. The van der Waals surface area contributed by atoms with E-state index >= 15 is 0 Å². The van der Waals surface area contributed by atoms with Gasteiger partial charge in [-0.3, -0.25) is 0 Å². The van der Waals surface area contributed by atoms with Gasteiger partial charge in [0.1, 0.15) is 0 Å². The fraction of sp³-hybridized carbons (Fsp3) is 0.200. The molecule has 1 nitrogen and oxygen atoms in total. The van der Waals surface area contributed by atoms with Gasteiger partial charge in [-0.05, 0) is 0 Å². The molecule has 0 bridgehead atoms. The zero-order valence-corrected chi connectivity index (χ0v) is 5.85. The van der Waals surface area contributed by atoms with Gasteiger partial charge in [0.25, 0.3) is 0 Å². The molecule has 1 aromatic rings. The minimum absolute atomic E-state index is 0.411. The monoisotopic (exact) mass is 183 g/mol. The second-order valence-corrected chi connectivity index (χ2v) is 2.85. The summed E-state index contributed by atoms with van der Waals surface area (Å²) in [6.45, 7) is 0. The molecule has 0 aliphatic carbocycles. The van der Waals surface area contributed by atoms with Crippen molar-refractivity contribution in [1.82, 2.24) is 3.31 Å². The number of rotatable bonds is 1. The Labute approximate surface area is 51.2 Å². The Morgan fingerprint density at radius 2 is 1.86 bits per heavy atom. The third-order valence-electron chi connectivity index (χ3n) is 0.743. The Kier molecular flexibility index (Phi) is 1.64. The van der Waals surface area contributed by atoms with Gasteiger partial charge in [-0.2, -0.15) is 0 Å². The first-order valence-corrected chi connectivity index (χ1v) is 4.54. The third-order valence-corrected chi connectivity index (χ3v) is 2.16. The van der Waals surface area contributed by atoms with E-state index in [1.54, 1.807) is 0 Å². The number of nitrogens with zero attached hydrogens (tertiary/aromatic N) is 1. The van der Waals surface area contributed by atoms with E-state index in [0.29, 0.717) is 17.4 Å². The van der Waals surface area contributed by atoms with Crippen LogP contribution in [0.25, 0.3) is 0 Å². The van der Waals surface area contributed by atoms with Crippen LogP contribution in [0.2, 0.25) is 5.52 Å². The van der Waals surface area contributed by atoms with Crippen molar-refractivity contribution >= 4 is 0 Å². The molecule has 0 aliphatic rings. The first-order valence-electron chi connectivity index (χ1n) is 2.03. The van der Waals surface area contributed by atoms with Crippen LogP contribution >= 0.6 is 0 Å². The second kappa shape index (κ2) is 2.27. The molecule has 0 aromatic carbocycles.